The molecular formula is C12H18F3N3. The zero-order valence-electron chi connectivity index (χ0n) is 10.4. The SMILES string of the molecule is CC1(c2cncn2CCC(F)(F)F)CCNCC1. The molecule has 1 fully saturated rings. The summed E-state index contributed by atoms with van der Waals surface area (Å²) in [4.78, 5) is 4.02. The first kappa shape index (κ1) is 13.4. The van der Waals surface area contributed by atoms with Crippen molar-refractivity contribution in [1.82, 2.24) is 14.9 Å². The van der Waals surface area contributed by atoms with Gasteiger partial charge in [0.1, 0.15) is 0 Å². The summed E-state index contributed by atoms with van der Waals surface area (Å²) in [6.45, 7) is 3.87. The molecule has 0 aromatic carbocycles. The number of imidazole rings is 1. The molecule has 102 valence electrons. The van der Waals surface area contributed by atoms with Gasteiger partial charge in [0.05, 0.1) is 12.7 Å². The summed E-state index contributed by atoms with van der Waals surface area (Å²) in [5.41, 5.74) is 0.862. The van der Waals surface area contributed by atoms with Crippen LogP contribution in [-0.2, 0) is 12.0 Å². The highest BCUT2D eigenvalue weighted by atomic mass is 19.4. The van der Waals surface area contributed by atoms with Crippen LogP contribution in [0.3, 0.4) is 0 Å². The van der Waals surface area contributed by atoms with Crippen LogP contribution in [0.5, 0.6) is 0 Å². The summed E-state index contributed by atoms with van der Waals surface area (Å²) in [5, 5.41) is 3.27. The standard InChI is InChI=1S/C12H18F3N3/c1-11(2-5-16-6-3-11)10-8-17-9-18(10)7-4-12(13,14)15/h8-9,16H,2-7H2,1H3. The number of alkyl halides is 3. The molecule has 0 unspecified atom stereocenters. The average Bonchev–Trinajstić information content (AvgIpc) is 2.75. The molecule has 0 bridgehead atoms. The van der Waals surface area contributed by atoms with E-state index in [0.717, 1.165) is 31.6 Å². The third kappa shape index (κ3) is 3.04. The van der Waals surface area contributed by atoms with E-state index in [2.05, 4.69) is 17.2 Å². The Bertz CT molecular complexity index is 392. The van der Waals surface area contributed by atoms with Crippen molar-refractivity contribution in [3.8, 4) is 0 Å². The first-order valence-electron chi connectivity index (χ1n) is 6.19. The molecule has 0 atom stereocenters. The van der Waals surface area contributed by atoms with E-state index in [0.29, 0.717) is 0 Å². The van der Waals surface area contributed by atoms with Crippen LogP contribution >= 0.6 is 0 Å². The molecule has 0 radical (unpaired) electrons. The zero-order valence-corrected chi connectivity index (χ0v) is 10.4. The largest absolute Gasteiger partial charge is 0.390 e. The van der Waals surface area contributed by atoms with Gasteiger partial charge < -0.3 is 9.88 Å². The van der Waals surface area contributed by atoms with Crippen molar-refractivity contribution in [3.63, 3.8) is 0 Å². The van der Waals surface area contributed by atoms with Crippen LogP contribution < -0.4 is 5.32 Å². The van der Waals surface area contributed by atoms with Gasteiger partial charge in [0, 0.05) is 23.9 Å². The molecular weight excluding hydrogens is 243 g/mol. The third-order valence-corrected chi connectivity index (χ3v) is 3.67. The Morgan fingerprint density at radius 1 is 1.39 bits per heavy atom. The molecule has 2 rings (SSSR count). The molecule has 18 heavy (non-hydrogen) atoms. The van der Waals surface area contributed by atoms with Crippen LogP contribution in [0.25, 0.3) is 0 Å². The molecule has 6 heteroatoms. The Kier molecular flexibility index (Phi) is 3.66. The molecule has 1 aliphatic rings. The summed E-state index contributed by atoms with van der Waals surface area (Å²) in [7, 11) is 0. The first-order chi connectivity index (χ1) is 8.41. The molecule has 2 heterocycles. The second-order valence-electron chi connectivity index (χ2n) is 5.15. The summed E-state index contributed by atoms with van der Waals surface area (Å²) in [6.07, 6.45) is 0.173. The van der Waals surface area contributed by atoms with E-state index >= 15 is 0 Å². The Balaban J connectivity index is 2.11. The molecule has 1 aliphatic heterocycles. The highest BCUT2D eigenvalue weighted by Gasteiger charge is 2.33. The Labute approximate surface area is 104 Å². The molecule has 0 aliphatic carbocycles. The number of nitrogens with zero attached hydrogens (tertiary/aromatic N) is 2. The fourth-order valence-electron chi connectivity index (χ4n) is 2.48. The number of piperidine rings is 1. The maximum atomic E-state index is 12.3. The van der Waals surface area contributed by atoms with Crippen molar-refractivity contribution < 1.29 is 13.2 Å². The van der Waals surface area contributed by atoms with Crippen LogP contribution in [0.4, 0.5) is 13.2 Å². The van der Waals surface area contributed by atoms with Crippen molar-refractivity contribution in [1.29, 1.82) is 0 Å². The molecule has 3 nitrogen and oxygen atoms in total. The van der Waals surface area contributed by atoms with Gasteiger partial charge in [-0.25, -0.2) is 4.98 Å². The van der Waals surface area contributed by atoms with Crippen molar-refractivity contribution in [2.24, 2.45) is 0 Å². The zero-order chi connectivity index (χ0) is 13.2. The molecule has 1 aromatic heterocycles. The van der Waals surface area contributed by atoms with Crippen LogP contribution in [0.1, 0.15) is 31.9 Å². The van der Waals surface area contributed by atoms with Gasteiger partial charge >= 0.3 is 6.18 Å². The number of nitrogens with one attached hydrogen (secondary N) is 1. The third-order valence-electron chi connectivity index (χ3n) is 3.67. The predicted molar refractivity (Wildman–Crippen MR) is 62.4 cm³/mol. The molecule has 0 amide bonds. The normalized spacial score (nSPS) is 20.0. The van der Waals surface area contributed by atoms with Crippen LogP contribution in [0.2, 0.25) is 0 Å². The highest BCUT2D eigenvalue weighted by Crippen LogP contribution is 2.33. The van der Waals surface area contributed by atoms with Crippen LogP contribution in [-0.4, -0.2) is 28.8 Å². The quantitative estimate of drug-likeness (QED) is 0.906. The number of halogens is 3. The summed E-state index contributed by atoms with van der Waals surface area (Å²) >= 11 is 0. The van der Waals surface area contributed by atoms with E-state index in [-0.39, 0.29) is 12.0 Å². The topological polar surface area (TPSA) is 29.9 Å². The lowest BCUT2D eigenvalue weighted by Crippen LogP contribution is -2.39. The average molecular weight is 261 g/mol. The van der Waals surface area contributed by atoms with Gasteiger partial charge in [-0.15, -0.1) is 0 Å². The Morgan fingerprint density at radius 3 is 2.67 bits per heavy atom. The fraction of sp³-hybridized carbons (Fsp3) is 0.750. The lowest BCUT2D eigenvalue weighted by atomic mass is 9.78. The maximum Gasteiger partial charge on any atom is 0.390 e. The van der Waals surface area contributed by atoms with E-state index in [1.807, 2.05) is 0 Å². The number of hydrogen-bond donors (Lipinski definition) is 1. The monoisotopic (exact) mass is 261 g/mol. The van der Waals surface area contributed by atoms with Gasteiger partial charge in [-0.1, -0.05) is 6.92 Å². The Morgan fingerprint density at radius 2 is 2.06 bits per heavy atom. The molecule has 0 spiro atoms. The first-order valence-corrected chi connectivity index (χ1v) is 6.19. The van der Waals surface area contributed by atoms with Gasteiger partial charge in [-0.2, -0.15) is 13.2 Å². The number of aryl methyl sites for hydroxylation is 1. The van der Waals surface area contributed by atoms with E-state index in [1.54, 1.807) is 10.8 Å². The summed E-state index contributed by atoms with van der Waals surface area (Å²) in [5.74, 6) is 0. The minimum Gasteiger partial charge on any atom is -0.334 e. The van der Waals surface area contributed by atoms with Crippen molar-refractivity contribution in [2.45, 2.75) is 44.3 Å². The minimum atomic E-state index is -4.11. The molecule has 1 saturated heterocycles. The fourth-order valence-corrected chi connectivity index (χ4v) is 2.48. The maximum absolute atomic E-state index is 12.3. The van der Waals surface area contributed by atoms with Crippen LogP contribution in [0, 0.1) is 0 Å². The van der Waals surface area contributed by atoms with Gasteiger partial charge in [0.2, 0.25) is 0 Å². The van der Waals surface area contributed by atoms with Gasteiger partial charge in [0.15, 0.2) is 0 Å². The number of rotatable bonds is 3. The smallest absolute Gasteiger partial charge is 0.334 e. The lowest BCUT2D eigenvalue weighted by molar-refractivity contribution is -0.136. The van der Waals surface area contributed by atoms with Gasteiger partial charge in [0.25, 0.3) is 0 Å². The van der Waals surface area contributed by atoms with Crippen molar-refractivity contribution in [2.75, 3.05) is 13.1 Å². The molecule has 0 saturated carbocycles. The second kappa shape index (κ2) is 4.91. The van der Waals surface area contributed by atoms with E-state index in [4.69, 9.17) is 0 Å². The number of aromatic nitrogens is 2. The second-order valence-corrected chi connectivity index (χ2v) is 5.15. The van der Waals surface area contributed by atoms with Crippen molar-refractivity contribution >= 4 is 0 Å². The minimum absolute atomic E-state index is 0.0398. The van der Waals surface area contributed by atoms with E-state index in [1.165, 1.54) is 6.33 Å². The van der Waals surface area contributed by atoms with Gasteiger partial charge in [-0.3, -0.25) is 0 Å². The highest BCUT2D eigenvalue weighted by molar-refractivity contribution is 5.15. The Hall–Kier alpha value is -1.04. The predicted octanol–water partition coefficient (Wildman–Crippen LogP) is 2.48. The van der Waals surface area contributed by atoms with E-state index < -0.39 is 12.6 Å². The summed E-state index contributed by atoms with van der Waals surface area (Å²) in [6, 6.07) is 0. The summed E-state index contributed by atoms with van der Waals surface area (Å²) < 4.78 is 38.5. The van der Waals surface area contributed by atoms with E-state index in [9.17, 15) is 13.2 Å². The lowest BCUT2D eigenvalue weighted by Gasteiger charge is -2.34. The number of hydrogen-bond acceptors (Lipinski definition) is 2. The van der Waals surface area contributed by atoms with Crippen LogP contribution in [0.15, 0.2) is 12.5 Å². The molecule has 1 aromatic rings. The van der Waals surface area contributed by atoms with Gasteiger partial charge in [-0.05, 0) is 25.9 Å². The van der Waals surface area contributed by atoms with Crippen molar-refractivity contribution in [3.05, 3.63) is 18.2 Å². The molecule has 1 N–H and O–H groups in total.